The number of nitrogens with zero attached hydrogens (tertiary/aromatic N) is 1. The van der Waals surface area contributed by atoms with Gasteiger partial charge in [0.05, 0.1) is 13.2 Å². The van der Waals surface area contributed by atoms with E-state index in [-0.39, 0.29) is 18.6 Å². The van der Waals surface area contributed by atoms with Crippen LogP contribution in [-0.2, 0) is 4.79 Å². The molecule has 2 unspecified atom stereocenters. The summed E-state index contributed by atoms with van der Waals surface area (Å²) in [5.41, 5.74) is 8.11. The molecule has 0 spiro atoms. The number of hydrogen-bond donors (Lipinski definition) is 3. The van der Waals surface area contributed by atoms with E-state index in [0.717, 1.165) is 24.2 Å². The van der Waals surface area contributed by atoms with Crippen LogP contribution < -0.4 is 11.1 Å². The molecule has 1 saturated heterocycles. The van der Waals surface area contributed by atoms with Crippen LogP contribution in [0.4, 0.5) is 11.4 Å². The maximum Gasteiger partial charge on any atom is 0.238 e. The van der Waals surface area contributed by atoms with Crippen molar-refractivity contribution in [3.63, 3.8) is 0 Å². The summed E-state index contributed by atoms with van der Waals surface area (Å²) in [5, 5.41) is 12.3. The van der Waals surface area contributed by atoms with Gasteiger partial charge in [-0.3, -0.25) is 9.69 Å². The number of likely N-dealkylation sites (tertiary alicyclic amines) is 1. The first-order valence-electron chi connectivity index (χ1n) is 7.02. The fourth-order valence-corrected chi connectivity index (χ4v) is 2.73. The Hall–Kier alpha value is -1.59. The van der Waals surface area contributed by atoms with Crippen molar-refractivity contribution in [2.75, 3.05) is 30.7 Å². The van der Waals surface area contributed by atoms with Crippen LogP contribution in [0.25, 0.3) is 0 Å². The molecule has 1 heterocycles. The van der Waals surface area contributed by atoms with Gasteiger partial charge < -0.3 is 16.2 Å². The number of nitrogens with one attached hydrogen (secondary N) is 1. The molecular weight excluding hydrogens is 254 g/mol. The monoisotopic (exact) mass is 277 g/mol. The van der Waals surface area contributed by atoms with Crippen LogP contribution >= 0.6 is 0 Å². The first-order chi connectivity index (χ1) is 9.51. The fourth-order valence-electron chi connectivity index (χ4n) is 2.73. The van der Waals surface area contributed by atoms with Crippen molar-refractivity contribution in [3.8, 4) is 0 Å². The number of carbonyl (C=O) groups is 1. The first-order valence-corrected chi connectivity index (χ1v) is 7.02. The molecule has 0 aliphatic carbocycles. The number of benzene rings is 1. The Bertz CT molecular complexity index is 490. The average Bonchev–Trinajstić information content (AvgIpc) is 2.74. The van der Waals surface area contributed by atoms with Gasteiger partial charge >= 0.3 is 0 Å². The highest BCUT2D eigenvalue weighted by molar-refractivity contribution is 5.93. The molecular formula is C15H23N3O2. The van der Waals surface area contributed by atoms with E-state index in [0.29, 0.717) is 18.2 Å². The third-order valence-electron chi connectivity index (χ3n) is 4.07. The Kier molecular flexibility index (Phi) is 4.62. The molecule has 1 fully saturated rings. The van der Waals surface area contributed by atoms with E-state index >= 15 is 0 Å². The number of amides is 1. The van der Waals surface area contributed by atoms with E-state index < -0.39 is 0 Å². The third kappa shape index (κ3) is 3.29. The molecule has 0 aromatic heterocycles. The number of hydrogen-bond acceptors (Lipinski definition) is 4. The second kappa shape index (κ2) is 6.24. The van der Waals surface area contributed by atoms with Gasteiger partial charge in [-0.1, -0.05) is 13.0 Å². The van der Waals surface area contributed by atoms with Gasteiger partial charge in [-0.15, -0.1) is 0 Å². The zero-order valence-electron chi connectivity index (χ0n) is 12.1. The number of anilines is 2. The van der Waals surface area contributed by atoms with E-state index in [9.17, 15) is 9.90 Å². The zero-order chi connectivity index (χ0) is 14.7. The van der Waals surface area contributed by atoms with Crippen molar-refractivity contribution < 1.29 is 9.90 Å². The quantitative estimate of drug-likeness (QED) is 0.723. The van der Waals surface area contributed by atoms with Gasteiger partial charge in [-0.2, -0.15) is 0 Å². The van der Waals surface area contributed by atoms with Crippen LogP contribution in [0.15, 0.2) is 18.2 Å². The highest BCUT2D eigenvalue weighted by Gasteiger charge is 2.31. The number of carbonyl (C=O) groups excluding carboxylic acids is 1. The molecule has 5 nitrogen and oxygen atoms in total. The maximum atomic E-state index is 12.1. The number of rotatable bonds is 4. The molecule has 2 rings (SSSR count). The molecule has 0 radical (unpaired) electrons. The summed E-state index contributed by atoms with van der Waals surface area (Å²) < 4.78 is 0. The molecule has 1 aromatic carbocycles. The van der Waals surface area contributed by atoms with Crippen molar-refractivity contribution in [3.05, 3.63) is 23.8 Å². The van der Waals surface area contributed by atoms with Gasteiger partial charge in [0.1, 0.15) is 0 Å². The smallest absolute Gasteiger partial charge is 0.238 e. The lowest BCUT2D eigenvalue weighted by atomic mass is 10.0. The minimum Gasteiger partial charge on any atom is -0.399 e. The van der Waals surface area contributed by atoms with E-state index in [1.54, 1.807) is 6.07 Å². The topological polar surface area (TPSA) is 78.6 Å². The molecule has 1 amide bonds. The molecule has 0 saturated carbocycles. The Morgan fingerprint density at radius 1 is 1.55 bits per heavy atom. The summed E-state index contributed by atoms with van der Waals surface area (Å²) in [6.07, 6.45) is 1.02. The summed E-state index contributed by atoms with van der Waals surface area (Å²) in [4.78, 5) is 14.2. The summed E-state index contributed by atoms with van der Waals surface area (Å²) in [7, 11) is 0. The first kappa shape index (κ1) is 14.8. The highest BCUT2D eigenvalue weighted by atomic mass is 16.3. The van der Waals surface area contributed by atoms with E-state index in [1.807, 2.05) is 24.0 Å². The Morgan fingerprint density at radius 3 is 3.00 bits per heavy atom. The number of aliphatic hydroxyl groups is 1. The predicted molar refractivity (Wildman–Crippen MR) is 80.4 cm³/mol. The van der Waals surface area contributed by atoms with Crippen molar-refractivity contribution in [1.29, 1.82) is 0 Å². The minimum absolute atomic E-state index is 0.0637. The molecule has 1 aliphatic rings. The van der Waals surface area contributed by atoms with Gasteiger partial charge in [-0.05, 0) is 43.5 Å². The standard InChI is InChI=1S/C15H23N3O2/c1-10-3-4-12(16)7-13(10)17-15(20)8-18-6-5-11(2)14(18)9-19/h3-4,7,11,14,19H,5-6,8-9,16H2,1-2H3,(H,17,20). The number of aliphatic hydroxyl groups excluding tert-OH is 1. The lowest BCUT2D eigenvalue weighted by molar-refractivity contribution is -0.117. The molecule has 5 heteroatoms. The summed E-state index contributed by atoms with van der Waals surface area (Å²) in [6.45, 7) is 5.32. The second-order valence-electron chi connectivity index (χ2n) is 5.61. The lowest BCUT2D eigenvalue weighted by Gasteiger charge is -2.24. The molecule has 20 heavy (non-hydrogen) atoms. The van der Waals surface area contributed by atoms with Crippen molar-refractivity contribution >= 4 is 17.3 Å². The van der Waals surface area contributed by atoms with Crippen LogP contribution in [0.1, 0.15) is 18.9 Å². The van der Waals surface area contributed by atoms with Crippen molar-refractivity contribution in [2.45, 2.75) is 26.3 Å². The Balaban J connectivity index is 1.97. The summed E-state index contributed by atoms with van der Waals surface area (Å²) >= 11 is 0. The van der Waals surface area contributed by atoms with Gasteiger partial charge in [0.2, 0.25) is 5.91 Å². The minimum atomic E-state index is -0.0637. The molecule has 1 aromatic rings. The molecule has 2 atom stereocenters. The molecule has 1 aliphatic heterocycles. The van der Waals surface area contributed by atoms with Gasteiger partial charge in [0.15, 0.2) is 0 Å². The van der Waals surface area contributed by atoms with E-state index in [4.69, 9.17) is 5.73 Å². The highest BCUT2D eigenvalue weighted by Crippen LogP contribution is 2.23. The van der Waals surface area contributed by atoms with Crippen LogP contribution in [0.3, 0.4) is 0 Å². The Morgan fingerprint density at radius 2 is 2.30 bits per heavy atom. The summed E-state index contributed by atoms with van der Waals surface area (Å²) in [5.74, 6) is 0.369. The number of nitrogens with two attached hydrogens (primary N) is 1. The zero-order valence-corrected chi connectivity index (χ0v) is 12.1. The third-order valence-corrected chi connectivity index (χ3v) is 4.07. The van der Waals surface area contributed by atoms with Crippen molar-refractivity contribution in [2.24, 2.45) is 5.92 Å². The predicted octanol–water partition coefficient (Wildman–Crippen LogP) is 1.22. The Labute approximate surface area is 119 Å². The van der Waals surface area contributed by atoms with Crippen LogP contribution in [0, 0.1) is 12.8 Å². The van der Waals surface area contributed by atoms with Gasteiger partial charge in [-0.25, -0.2) is 0 Å². The number of nitrogen functional groups attached to an aromatic ring is 1. The lowest BCUT2D eigenvalue weighted by Crippen LogP contribution is -2.40. The van der Waals surface area contributed by atoms with Crippen LogP contribution in [-0.4, -0.2) is 41.7 Å². The second-order valence-corrected chi connectivity index (χ2v) is 5.61. The van der Waals surface area contributed by atoms with E-state index in [2.05, 4.69) is 12.2 Å². The van der Waals surface area contributed by atoms with Crippen LogP contribution in [0.5, 0.6) is 0 Å². The van der Waals surface area contributed by atoms with Gasteiger partial charge in [0, 0.05) is 17.4 Å². The molecule has 0 bridgehead atoms. The molecule has 110 valence electrons. The largest absolute Gasteiger partial charge is 0.399 e. The SMILES string of the molecule is Cc1ccc(N)cc1NC(=O)CN1CCC(C)C1CO. The normalized spacial score (nSPS) is 22.9. The van der Waals surface area contributed by atoms with Crippen molar-refractivity contribution in [1.82, 2.24) is 4.90 Å². The van der Waals surface area contributed by atoms with Crippen LogP contribution in [0.2, 0.25) is 0 Å². The van der Waals surface area contributed by atoms with Gasteiger partial charge in [0.25, 0.3) is 0 Å². The maximum absolute atomic E-state index is 12.1. The fraction of sp³-hybridized carbons (Fsp3) is 0.533. The van der Waals surface area contributed by atoms with E-state index in [1.165, 1.54) is 0 Å². The average molecular weight is 277 g/mol. The molecule has 4 N–H and O–H groups in total. The number of aryl methyl sites for hydroxylation is 1. The summed E-state index contributed by atoms with van der Waals surface area (Å²) in [6, 6.07) is 5.56.